The van der Waals surface area contributed by atoms with Crippen LogP contribution in [0.3, 0.4) is 0 Å². The first-order valence-electron chi connectivity index (χ1n) is 13.4. The number of amides is 4. The summed E-state index contributed by atoms with van der Waals surface area (Å²) in [6, 6.07) is 6.78. The van der Waals surface area contributed by atoms with E-state index < -0.39 is 24.0 Å². The number of aromatic nitrogens is 3. The first-order chi connectivity index (χ1) is 18.3. The van der Waals surface area contributed by atoms with E-state index in [1.807, 2.05) is 44.2 Å². The highest BCUT2D eigenvalue weighted by molar-refractivity contribution is 5.95. The van der Waals surface area contributed by atoms with Gasteiger partial charge >= 0.3 is 0 Å². The number of fused-ring (bicyclic) bond motifs is 5. The highest BCUT2D eigenvalue weighted by Gasteiger charge is 2.45. The molecule has 1 aromatic carbocycles. The van der Waals surface area contributed by atoms with Crippen LogP contribution in [0.2, 0.25) is 0 Å². The molecule has 0 spiro atoms. The summed E-state index contributed by atoms with van der Waals surface area (Å²) in [7, 11) is 0. The van der Waals surface area contributed by atoms with Crippen molar-refractivity contribution in [3.05, 3.63) is 47.8 Å². The summed E-state index contributed by atoms with van der Waals surface area (Å²) in [6.45, 7) is 4.18. The van der Waals surface area contributed by atoms with Gasteiger partial charge < -0.3 is 20.9 Å². The highest BCUT2D eigenvalue weighted by Crippen LogP contribution is 2.34. The molecule has 202 valence electrons. The van der Waals surface area contributed by atoms with E-state index >= 15 is 0 Å². The van der Waals surface area contributed by atoms with Gasteiger partial charge in [0.2, 0.25) is 23.6 Å². The smallest absolute Gasteiger partial charge is 0.243 e. The summed E-state index contributed by atoms with van der Waals surface area (Å²) in [5.41, 5.74) is 1.45. The van der Waals surface area contributed by atoms with Crippen molar-refractivity contribution < 1.29 is 19.2 Å². The zero-order valence-corrected chi connectivity index (χ0v) is 21.8. The van der Waals surface area contributed by atoms with Crippen LogP contribution in [0.25, 0.3) is 0 Å². The van der Waals surface area contributed by atoms with Crippen molar-refractivity contribution in [2.24, 2.45) is 11.8 Å². The fourth-order valence-corrected chi connectivity index (χ4v) is 5.37. The molecule has 1 aliphatic carbocycles. The van der Waals surface area contributed by atoms with Crippen LogP contribution in [0.5, 0.6) is 0 Å². The van der Waals surface area contributed by atoms with Crippen molar-refractivity contribution in [3.8, 4) is 0 Å². The minimum atomic E-state index is -0.865. The number of carbonyl (C=O) groups excluding carboxylic acids is 4. The van der Waals surface area contributed by atoms with Crippen molar-refractivity contribution in [3.63, 3.8) is 0 Å². The average Bonchev–Trinajstić information content (AvgIpc) is 3.51. The molecule has 1 saturated carbocycles. The van der Waals surface area contributed by atoms with E-state index in [0.717, 1.165) is 24.8 Å². The monoisotopic (exact) mass is 521 g/mol. The molecule has 5 rings (SSSR count). The summed E-state index contributed by atoms with van der Waals surface area (Å²) in [5.74, 6) is -1.46. The maximum absolute atomic E-state index is 13.6. The van der Waals surface area contributed by atoms with Gasteiger partial charge in [0.05, 0.1) is 18.8 Å². The lowest BCUT2D eigenvalue weighted by molar-refractivity contribution is -0.144. The zero-order valence-electron chi connectivity index (χ0n) is 21.8. The Labute approximate surface area is 221 Å². The Morgan fingerprint density at radius 1 is 1.05 bits per heavy atom. The predicted octanol–water partition coefficient (Wildman–Crippen LogP) is 0.718. The van der Waals surface area contributed by atoms with Gasteiger partial charge in [0, 0.05) is 25.3 Å². The molecule has 3 N–H and O–H groups in total. The first kappa shape index (κ1) is 25.9. The van der Waals surface area contributed by atoms with Crippen molar-refractivity contribution in [2.75, 3.05) is 6.54 Å². The number of hydrogen-bond donors (Lipinski definition) is 3. The van der Waals surface area contributed by atoms with Gasteiger partial charge in [0.25, 0.3) is 0 Å². The largest absolute Gasteiger partial charge is 0.349 e. The van der Waals surface area contributed by atoms with Gasteiger partial charge in [0.1, 0.15) is 23.8 Å². The maximum Gasteiger partial charge on any atom is 0.243 e. The molecule has 11 nitrogen and oxygen atoms in total. The van der Waals surface area contributed by atoms with E-state index in [1.54, 1.807) is 15.8 Å². The second-order valence-electron chi connectivity index (χ2n) is 10.9. The standard InChI is InChI=1S/C27H35N7O4/c1-16(2)23-26(37)29-21(11-17-7-4-3-5-8-17)24(35)28-13-19-14-34(32-31-19)20-12-22(25(36)30-23)33(15-20)27(38)18-9-6-10-18/h3-5,7-8,14,16,18,20-23H,6,9-13,15H2,1-2H3,(H,28,35)(H,29,37)(H,30,36)/t20-,21+,22-,23-/m0/s1. The minimum absolute atomic E-state index is 0.0129. The lowest BCUT2D eigenvalue weighted by Crippen LogP contribution is -2.58. The number of nitrogens with zero attached hydrogens (tertiary/aromatic N) is 4. The number of hydrogen-bond acceptors (Lipinski definition) is 6. The average molecular weight is 522 g/mol. The van der Waals surface area contributed by atoms with Gasteiger partial charge in [-0.25, -0.2) is 4.68 Å². The normalized spacial score (nSPS) is 26.6. The second-order valence-corrected chi connectivity index (χ2v) is 10.9. The molecule has 3 heterocycles. The lowest BCUT2D eigenvalue weighted by Gasteiger charge is -2.33. The van der Waals surface area contributed by atoms with Crippen LogP contribution >= 0.6 is 0 Å². The highest BCUT2D eigenvalue weighted by atomic mass is 16.2. The number of likely N-dealkylation sites (tertiary alicyclic amines) is 1. The van der Waals surface area contributed by atoms with Crippen molar-refractivity contribution in [2.45, 2.75) is 76.7 Å². The van der Waals surface area contributed by atoms with Crippen molar-refractivity contribution in [1.82, 2.24) is 35.8 Å². The van der Waals surface area contributed by atoms with Crippen LogP contribution in [0.4, 0.5) is 0 Å². The van der Waals surface area contributed by atoms with E-state index in [2.05, 4.69) is 26.3 Å². The molecule has 3 aliphatic rings. The van der Waals surface area contributed by atoms with Gasteiger partial charge in [-0.15, -0.1) is 5.10 Å². The van der Waals surface area contributed by atoms with Crippen LogP contribution in [0.1, 0.15) is 56.8 Å². The summed E-state index contributed by atoms with van der Waals surface area (Å²) in [5, 5.41) is 17.1. The Balaban J connectivity index is 1.44. The molecular formula is C27H35N7O4. The summed E-state index contributed by atoms with van der Waals surface area (Å²) < 4.78 is 1.68. The van der Waals surface area contributed by atoms with Crippen LogP contribution in [0, 0.1) is 11.8 Å². The Hall–Kier alpha value is -3.76. The minimum Gasteiger partial charge on any atom is -0.349 e. The van der Waals surface area contributed by atoms with Gasteiger partial charge in [0.15, 0.2) is 0 Å². The van der Waals surface area contributed by atoms with E-state index in [0.29, 0.717) is 18.7 Å². The fraction of sp³-hybridized carbons (Fsp3) is 0.556. The quantitative estimate of drug-likeness (QED) is 0.542. The summed E-state index contributed by atoms with van der Waals surface area (Å²) in [4.78, 5) is 55.2. The molecule has 0 radical (unpaired) electrons. The number of carbonyl (C=O) groups is 4. The third-order valence-corrected chi connectivity index (χ3v) is 7.86. The molecule has 1 aromatic heterocycles. The van der Waals surface area contributed by atoms with Gasteiger partial charge in [-0.1, -0.05) is 55.8 Å². The lowest BCUT2D eigenvalue weighted by atomic mass is 9.84. The Morgan fingerprint density at radius 2 is 1.82 bits per heavy atom. The van der Waals surface area contributed by atoms with Crippen LogP contribution < -0.4 is 16.0 Å². The molecule has 4 bridgehead atoms. The molecular weight excluding hydrogens is 486 g/mol. The molecule has 38 heavy (non-hydrogen) atoms. The van der Waals surface area contributed by atoms with E-state index in [4.69, 9.17) is 0 Å². The molecule has 2 aromatic rings. The third-order valence-electron chi connectivity index (χ3n) is 7.86. The fourth-order valence-electron chi connectivity index (χ4n) is 5.37. The van der Waals surface area contributed by atoms with Gasteiger partial charge in [-0.3, -0.25) is 19.2 Å². The Morgan fingerprint density at radius 3 is 2.50 bits per heavy atom. The number of rotatable bonds is 4. The van der Waals surface area contributed by atoms with E-state index in [1.165, 1.54) is 0 Å². The van der Waals surface area contributed by atoms with Gasteiger partial charge in [-0.2, -0.15) is 0 Å². The summed E-state index contributed by atoms with van der Waals surface area (Å²) in [6.07, 6.45) is 5.10. The Bertz CT molecular complexity index is 1190. The molecule has 2 fully saturated rings. The maximum atomic E-state index is 13.6. The molecule has 1 saturated heterocycles. The van der Waals surface area contributed by atoms with Gasteiger partial charge in [-0.05, 0) is 24.3 Å². The SMILES string of the molecule is CC(C)[C@@H]1NC(=O)[C@@H]2C[C@@H](CN2C(=O)C2CCC2)n2cc(nn2)CNC(=O)[C@@H](Cc2ccccc2)NC1=O. The van der Waals surface area contributed by atoms with E-state index in [-0.39, 0.29) is 48.6 Å². The predicted molar refractivity (Wildman–Crippen MR) is 137 cm³/mol. The van der Waals surface area contributed by atoms with Crippen LogP contribution in [-0.4, -0.2) is 68.2 Å². The third kappa shape index (κ3) is 5.41. The first-order valence-corrected chi connectivity index (χ1v) is 13.4. The summed E-state index contributed by atoms with van der Waals surface area (Å²) >= 11 is 0. The molecule has 4 atom stereocenters. The van der Waals surface area contributed by atoms with Crippen LogP contribution in [0.15, 0.2) is 36.5 Å². The van der Waals surface area contributed by atoms with Crippen LogP contribution in [-0.2, 0) is 32.1 Å². The van der Waals surface area contributed by atoms with Crippen molar-refractivity contribution in [1.29, 1.82) is 0 Å². The topological polar surface area (TPSA) is 138 Å². The number of nitrogens with one attached hydrogen (secondary N) is 3. The molecule has 2 aliphatic heterocycles. The van der Waals surface area contributed by atoms with E-state index in [9.17, 15) is 19.2 Å². The molecule has 4 amide bonds. The Kier molecular flexibility index (Phi) is 7.44. The molecule has 0 unspecified atom stereocenters. The number of benzene rings is 1. The molecule has 11 heteroatoms. The zero-order chi connectivity index (χ0) is 26.8. The second kappa shape index (κ2) is 10.9. The van der Waals surface area contributed by atoms with Crippen molar-refractivity contribution >= 4 is 23.6 Å².